The summed E-state index contributed by atoms with van der Waals surface area (Å²) in [6.07, 6.45) is -3.64. The molecule has 3 rings (SSSR count). The van der Waals surface area contributed by atoms with Gasteiger partial charge in [0.15, 0.2) is 0 Å². The molecule has 2 N–H and O–H groups in total. The number of anilines is 1. The number of halogens is 3. The molecule has 4 nitrogen and oxygen atoms in total. The number of aromatic nitrogens is 1. The second kappa shape index (κ2) is 7.67. The lowest BCUT2D eigenvalue weighted by Gasteiger charge is -2.11. The number of rotatable bonds is 5. The van der Waals surface area contributed by atoms with Gasteiger partial charge in [0, 0.05) is 34.4 Å². The SMILES string of the molecule is Cc1[nH]c2ccc(NC(=O)c3cccc(C(F)(F)F)c3)cc2c1CCN(C)C. The quantitative estimate of drug-likeness (QED) is 0.655. The number of amides is 1. The Kier molecular flexibility index (Phi) is 5.47. The fourth-order valence-corrected chi connectivity index (χ4v) is 3.16. The van der Waals surface area contributed by atoms with Crippen LogP contribution >= 0.6 is 0 Å². The molecule has 0 radical (unpaired) electrons. The molecule has 0 atom stereocenters. The first-order valence-electron chi connectivity index (χ1n) is 8.89. The van der Waals surface area contributed by atoms with Crippen molar-refractivity contribution in [3.63, 3.8) is 0 Å². The Morgan fingerprint density at radius 3 is 2.57 bits per heavy atom. The van der Waals surface area contributed by atoms with Crippen molar-refractivity contribution in [1.82, 2.24) is 9.88 Å². The van der Waals surface area contributed by atoms with Crippen molar-refractivity contribution in [2.24, 2.45) is 0 Å². The van der Waals surface area contributed by atoms with E-state index in [1.165, 1.54) is 17.7 Å². The maximum atomic E-state index is 12.9. The van der Waals surface area contributed by atoms with Gasteiger partial charge in [-0.3, -0.25) is 4.79 Å². The highest BCUT2D eigenvalue weighted by atomic mass is 19.4. The number of fused-ring (bicyclic) bond motifs is 1. The van der Waals surface area contributed by atoms with E-state index in [0.717, 1.165) is 41.7 Å². The van der Waals surface area contributed by atoms with Crippen LogP contribution in [0.5, 0.6) is 0 Å². The second-order valence-electron chi connectivity index (χ2n) is 7.07. The Balaban J connectivity index is 1.86. The molecule has 1 heterocycles. The Labute approximate surface area is 161 Å². The molecule has 2 aromatic carbocycles. The van der Waals surface area contributed by atoms with Crippen molar-refractivity contribution < 1.29 is 18.0 Å². The van der Waals surface area contributed by atoms with Crippen LogP contribution in [0.2, 0.25) is 0 Å². The zero-order chi connectivity index (χ0) is 20.5. The number of carbonyl (C=O) groups is 1. The van der Waals surface area contributed by atoms with Gasteiger partial charge in [-0.15, -0.1) is 0 Å². The summed E-state index contributed by atoms with van der Waals surface area (Å²) in [5.74, 6) is -0.576. The van der Waals surface area contributed by atoms with Crippen molar-refractivity contribution in [1.29, 1.82) is 0 Å². The zero-order valence-corrected chi connectivity index (χ0v) is 15.9. The highest BCUT2D eigenvalue weighted by Crippen LogP contribution is 2.30. The van der Waals surface area contributed by atoms with Gasteiger partial charge in [-0.25, -0.2) is 0 Å². The number of nitrogens with zero attached hydrogens (tertiary/aromatic N) is 1. The number of nitrogens with one attached hydrogen (secondary N) is 2. The first-order valence-corrected chi connectivity index (χ1v) is 8.89. The van der Waals surface area contributed by atoms with Crippen LogP contribution in [0.15, 0.2) is 42.5 Å². The van der Waals surface area contributed by atoms with Crippen molar-refractivity contribution in [3.05, 3.63) is 64.8 Å². The minimum atomic E-state index is -4.49. The third-order valence-corrected chi connectivity index (χ3v) is 4.64. The smallest absolute Gasteiger partial charge is 0.358 e. The molecule has 148 valence electrons. The molecule has 1 aromatic heterocycles. The molecule has 0 aliphatic rings. The van der Waals surface area contributed by atoms with Gasteiger partial charge in [0.1, 0.15) is 0 Å². The molecule has 0 fully saturated rings. The lowest BCUT2D eigenvalue weighted by molar-refractivity contribution is -0.137. The van der Waals surface area contributed by atoms with Crippen LogP contribution in [0.1, 0.15) is 27.2 Å². The van der Waals surface area contributed by atoms with Crippen molar-refractivity contribution in [2.45, 2.75) is 19.5 Å². The van der Waals surface area contributed by atoms with Gasteiger partial charge in [0.2, 0.25) is 0 Å². The van der Waals surface area contributed by atoms with E-state index in [-0.39, 0.29) is 5.56 Å². The number of carbonyl (C=O) groups excluding carboxylic acids is 1. The van der Waals surface area contributed by atoms with Gasteiger partial charge < -0.3 is 15.2 Å². The average molecular weight is 389 g/mol. The Bertz CT molecular complexity index is 1010. The van der Waals surface area contributed by atoms with Gasteiger partial charge >= 0.3 is 6.18 Å². The highest BCUT2D eigenvalue weighted by molar-refractivity contribution is 6.05. The molecule has 0 saturated carbocycles. The van der Waals surface area contributed by atoms with E-state index in [1.807, 2.05) is 33.2 Å². The largest absolute Gasteiger partial charge is 0.416 e. The molecule has 0 aliphatic carbocycles. The van der Waals surface area contributed by atoms with E-state index in [9.17, 15) is 18.0 Å². The molecule has 0 aliphatic heterocycles. The number of alkyl halides is 3. The van der Waals surface area contributed by atoms with Crippen molar-refractivity contribution in [2.75, 3.05) is 26.0 Å². The Hall–Kier alpha value is -2.80. The molecule has 0 bridgehead atoms. The summed E-state index contributed by atoms with van der Waals surface area (Å²) in [4.78, 5) is 17.9. The van der Waals surface area contributed by atoms with Gasteiger partial charge in [-0.1, -0.05) is 6.07 Å². The van der Waals surface area contributed by atoms with Crippen molar-refractivity contribution >= 4 is 22.5 Å². The predicted octanol–water partition coefficient (Wildman–Crippen LogP) is 4.85. The summed E-state index contributed by atoms with van der Waals surface area (Å²) in [5.41, 5.74) is 2.86. The molecular formula is C21H22F3N3O. The minimum absolute atomic E-state index is 0.0343. The van der Waals surface area contributed by atoms with E-state index in [0.29, 0.717) is 5.69 Å². The summed E-state index contributed by atoms with van der Waals surface area (Å²) in [5, 5.41) is 3.70. The van der Waals surface area contributed by atoms with Gasteiger partial charge in [-0.05, 0) is 69.4 Å². The lowest BCUT2D eigenvalue weighted by Crippen LogP contribution is -2.15. The first kappa shape index (κ1) is 19.9. The normalized spacial score (nSPS) is 12.0. The summed E-state index contributed by atoms with van der Waals surface area (Å²) in [6, 6.07) is 9.86. The molecule has 0 spiro atoms. The van der Waals surface area contributed by atoms with E-state index in [2.05, 4.69) is 15.2 Å². The molecule has 0 unspecified atom stereocenters. The monoisotopic (exact) mass is 389 g/mol. The van der Waals surface area contributed by atoms with Crippen LogP contribution < -0.4 is 5.32 Å². The molecule has 1 amide bonds. The maximum absolute atomic E-state index is 12.9. The molecule has 7 heteroatoms. The topological polar surface area (TPSA) is 48.1 Å². The van der Waals surface area contributed by atoms with E-state index >= 15 is 0 Å². The molecule has 28 heavy (non-hydrogen) atoms. The number of hydrogen-bond donors (Lipinski definition) is 2. The number of hydrogen-bond acceptors (Lipinski definition) is 2. The number of aryl methyl sites for hydroxylation is 1. The van der Waals surface area contributed by atoms with Gasteiger partial charge in [-0.2, -0.15) is 13.2 Å². The number of benzene rings is 2. The van der Waals surface area contributed by atoms with Crippen LogP contribution in [0.4, 0.5) is 18.9 Å². The van der Waals surface area contributed by atoms with Crippen LogP contribution in [-0.4, -0.2) is 36.4 Å². The van der Waals surface area contributed by atoms with Crippen LogP contribution in [0, 0.1) is 6.92 Å². The predicted molar refractivity (Wildman–Crippen MR) is 105 cm³/mol. The summed E-state index contributed by atoms with van der Waals surface area (Å²) >= 11 is 0. The summed E-state index contributed by atoms with van der Waals surface area (Å²) in [7, 11) is 4.01. The first-order chi connectivity index (χ1) is 13.1. The summed E-state index contributed by atoms with van der Waals surface area (Å²) < 4.78 is 38.6. The third-order valence-electron chi connectivity index (χ3n) is 4.64. The van der Waals surface area contributed by atoms with Crippen LogP contribution in [-0.2, 0) is 12.6 Å². The second-order valence-corrected chi connectivity index (χ2v) is 7.07. The number of aromatic amines is 1. The standard InChI is InChI=1S/C21H22F3N3O/c1-13-17(9-10-27(2)3)18-12-16(7-8-19(18)25-13)26-20(28)14-5-4-6-15(11-14)21(22,23)24/h4-8,11-12,25H,9-10H2,1-3H3,(H,26,28). The molecule has 3 aromatic rings. The third kappa shape index (κ3) is 4.36. The number of likely N-dealkylation sites (N-methyl/N-ethyl adjacent to an activating group) is 1. The maximum Gasteiger partial charge on any atom is 0.416 e. The van der Waals surface area contributed by atoms with E-state index in [4.69, 9.17) is 0 Å². The zero-order valence-electron chi connectivity index (χ0n) is 15.9. The van der Waals surface area contributed by atoms with Gasteiger partial charge in [0.25, 0.3) is 5.91 Å². The van der Waals surface area contributed by atoms with Crippen LogP contribution in [0.3, 0.4) is 0 Å². The minimum Gasteiger partial charge on any atom is -0.358 e. The van der Waals surface area contributed by atoms with E-state index < -0.39 is 17.6 Å². The fraction of sp³-hybridized carbons (Fsp3) is 0.286. The van der Waals surface area contributed by atoms with Crippen molar-refractivity contribution in [3.8, 4) is 0 Å². The number of H-pyrrole nitrogens is 1. The summed E-state index contributed by atoms with van der Waals surface area (Å²) in [6.45, 7) is 2.89. The average Bonchev–Trinajstić information content (AvgIpc) is 2.94. The fourth-order valence-electron chi connectivity index (χ4n) is 3.16. The van der Waals surface area contributed by atoms with Crippen LogP contribution in [0.25, 0.3) is 10.9 Å². The lowest BCUT2D eigenvalue weighted by atomic mass is 10.1. The van der Waals surface area contributed by atoms with Gasteiger partial charge in [0.05, 0.1) is 5.56 Å². The Morgan fingerprint density at radius 1 is 1.14 bits per heavy atom. The van der Waals surface area contributed by atoms with E-state index in [1.54, 1.807) is 6.07 Å². The Morgan fingerprint density at radius 2 is 1.89 bits per heavy atom. The highest BCUT2D eigenvalue weighted by Gasteiger charge is 2.30. The molecular weight excluding hydrogens is 367 g/mol. The molecule has 0 saturated heterocycles.